The molecule has 0 radical (unpaired) electrons. The van der Waals surface area contributed by atoms with Crippen LogP contribution in [-0.2, 0) is 9.53 Å². The van der Waals surface area contributed by atoms with Gasteiger partial charge >= 0.3 is 0 Å². The number of carbonyl (C=O) groups is 1. The number of Topliss-reactive ketones (excluding diaryl/α,β-unsaturated/α-hetero) is 1. The van der Waals surface area contributed by atoms with E-state index >= 15 is 0 Å². The first-order valence-corrected chi connectivity index (χ1v) is 9.77. The van der Waals surface area contributed by atoms with Crippen molar-refractivity contribution in [3.63, 3.8) is 0 Å². The summed E-state index contributed by atoms with van der Waals surface area (Å²) < 4.78 is 5.52. The van der Waals surface area contributed by atoms with E-state index in [-0.39, 0.29) is 3.92 Å². The lowest BCUT2D eigenvalue weighted by Gasteiger charge is -2.37. The Morgan fingerprint density at radius 3 is 2.36 bits per heavy atom. The zero-order chi connectivity index (χ0) is 16.6. The van der Waals surface area contributed by atoms with Crippen LogP contribution >= 0.6 is 22.6 Å². The molecule has 1 unspecified atom stereocenters. The zero-order valence-electron chi connectivity index (χ0n) is 14.6. The molecule has 2 nitrogen and oxygen atoms in total. The van der Waals surface area contributed by atoms with Gasteiger partial charge in [-0.05, 0) is 26.7 Å². The van der Waals surface area contributed by atoms with Crippen molar-refractivity contribution in [1.29, 1.82) is 0 Å². The lowest BCUT2D eigenvalue weighted by Crippen LogP contribution is -2.43. The fourth-order valence-electron chi connectivity index (χ4n) is 3.30. The summed E-state index contributed by atoms with van der Waals surface area (Å²) in [7, 11) is 1.69. The van der Waals surface area contributed by atoms with Crippen molar-refractivity contribution >= 4 is 28.4 Å². The van der Waals surface area contributed by atoms with Gasteiger partial charge in [-0.15, -0.1) is 0 Å². The molecular formula is C19H31IO2. The van der Waals surface area contributed by atoms with Crippen molar-refractivity contribution in [2.45, 2.75) is 69.6 Å². The first kappa shape index (κ1) is 19.9. The molecule has 0 saturated heterocycles. The summed E-state index contributed by atoms with van der Waals surface area (Å²) in [5, 5.41) is 0. The standard InChI is InChI=1S/C19H31IO2/c1-5-6-7-8-9-13-17(20)18(21)19(14-22-4)15(2)11-10-12-16(19)3/h11-12,17H,5-10,13-14H2,1-4H3. The number of hydrogen-bond donors (Lipinski definition) is 0. The summed E-state index contributed by atoms with van der Waals surface area (Å²) in [6.45, 7) is 6.86. The molecule has 0 fully saturated rings. The van der Waals surface area contributed by atoms with Crippen LogP contribution in [0.4, 0.5) is 0 Å². The number of methoxy groups -OCH3 is 1. The molecule has 1 atom stereocenters. The van der Waals surface area contributed by atoms with E-state index in [1.54, 1.807) is 7.11 Å². The number of unbranched alkanes of at least 4 members (excludes halogenated alkanes) is 4. The molecule has 22 heavy (non-hydrogen) atoms. The number of alkyl halides is 1. The van der Waals surface area contributed by atoms with Gasteiger partial charge in [-0.2, -0.15) is 0 Å². The Hall–Kier alpha value is -0.160. The van der Waals surface area contributed by atoms with Gasteiger partial charge < -0.3 is 4.74 Å². The molecule has 1 aliphatic rings. The molecule has 0 saturated carbocycles. The maximum absolute atomic E-state index is 13.2. The molecule has 0 amide bonds. The minimum Gasteiger partial charge on any atom is -0.383 e. The maximum Gasteiger partial charge on any atom is 0.162 e. The van der Waals surface area contributed by atoms with Crippen LogP contribution in [0, 0.1) is 5.41 Å². The Morgan fingerprint density at radius 2 is 1.82 bits per heavy atom. The number of hydrogen-bond acceptors (Lipinski definition) is 2. The van der Waals surface area contributed by atoms with Gasteiger partial charge in [0.1, 0.15) is 0 Å². The van der Waals surface area contributed by atoms with Crippen molar-refractivity contribution in [1.82, 2.24) is 0 Å². The Morgan fingerprint density at radius 1 is 1.23 bits per heavy atom. The van der Waals surface area contributed by atoms with E-state index in [2.05, 4.69) is 55.5 Å². The third-order valence-corrected chi connectivity index (χ3v) is 6.01. The highest BCUT2D eigenvalue weighted by Crippen LogP contribution is 2.42. The molecule has 0 N–H and O–H groups in total. The SMILES string of the molecule is CCCCCCCC(I)C(=O)C1(COC)C(C)=CCC=C1C. The number of halogens is 1. The van der Waals surface area contributed by atoms with E-state index in [1.807, 2.05) is 0 Å². The Bertz CT molecular complexity index is 405. The summed E-state index contributed by atoms with van der Waals surface area (Å²) in [5.74, 6) is 0.327. The maximum atomic E-state index is 13.2. The monoisotopic (exact) mass is 418 g/mol. The van der Waals surface area contributed by atoms with Gasteiger partial charge in [-0.3, -0.25) is 4.79 Å². The van der Waals surface area contributed by atoms with E-state index in [0.29, 0.717) is 12.4 Å². The second-order valence-electron chi connectivity index (χ2n) is 6.38. The molecule has 1 rings (SSSR count). The van der Waals surface area contributed by atoms with Crippen LogP contribution in [0.1, 0.15) is 65.7 Å². The van der Waals surface area contributed by atoms with Crippen LogP contribution in [0.15, 0.2) is 23.3 Å². The molecule has 0 bridgehead atoms. The topological polar surface area (TPSA) is 26.3 Å². The van der Waals surface area contributed by atoms with Gasteiger partial charge in [0.15, 0.2) is 5.78 Å². The molecule has 0 aromatic carbocycles. The second kappa shape index (κ2) is 9.86. The quantitative estimate of drug-likeness (QED) is 0.198. The van der Waals surface area contributed by atoms with Crippen LogP contribution in [0.5, 0.6) is 0 Å². The van der Waals surface area contributed by atoms with Gasteiger partial charge in [-0.25, -0.2) is 0 Å². The summed E-state index contributed by atoms with van der Waals surface area (Å²) in [6, 6.07) is 0. The van der Waals surface area contributed by atoms with E-state index in [0.717, 1.165) is 30.4 Å². The van der Waals surface area contributed by atoms with Crippen LogP contribution in [-0.4, -0.2) is 23.4 Å². The highest BCUT2D eigenvalue weighted by Gasteiger charge is 2.44. The number of ketones is 1. The number of ether oxygens (including phenoxy) is 1. The molecule has 0 heterocycles. The van der Waals surface area contributed by atoms with E-state index in [1.165, 1.54) is 25.7 Å². The van der Waals surface area contributed by atoms with Crippen LogP contribution in [0.3, 0.4) is 0 Å². The Labute approximate surface area is 149 Å². The average Bonchev–Trinajstić information content (AvgIpc) is 2.50. The van der Waals surface area contributed by atoms with Gasteiger partial charge in [0.2, 0.25) is 0 Å². The third kappa shape index (κ3) is 4.67. The van der Waals surface area contributed by atoms with Crippen LogP contribution in [0.25, 0.3) is 0 Å². The highest BCUT2D eigenvalue weighted by atomic mass is 127. The average molecular weight is 418 g/mol. The number of carbonyl (C=O) groups excluding carboxylic acids is 1. The zero-order valence-corrected chi connectivity index (χ0v) is 16.7. The molecule has 0 aliphatic heterocycles. The van der Waals surface area contributed by atoms with E-state index in [4.69, 9.17) is 4.74 Å². The largest absolute Gasteiger partial charge is 0.383 e. The van der Waals surface area contributed by atoms with Gasteiger partial charge in [0.25, 0.3) is 0 Å². The lowest BCUT2D eigenvalue weighted by molar-refractivity contribution is -0.126. The van der Waals surface area contributed by atoms with Crippen molar-refractivity contribution in [2.75, 3.05) is 13.7 Å². The first-order chi connectivity index (χ1) is 10.5. The third-order valence-electron chi connectivity index (χ3n) is 4.82. The molecule has 3 heteroatoms. The minimum atomic E-state index is -0.526. The summed E-state index contributed by atoms with van der Waals surface area (Å²) in [6.07, 6.45) is 12.5. The Balaban J connectivity index is 2.75. The fraction of sp³-hybridized carbons (Fsp3) is 0.737. The lowest BCUT2D eigenvalue weighted by atomic mass is 9.68. The van der Waals surface area contributed by atoms with E-state index in [9.17, 15) is 4.79 Å². The molecular weight excluding hydrogens is 387 g/mol. The fourth-order valence-corrected chi connectivity index (χ4v) is 4.27. The molecule has 0 aromatic heterocycles. The normalized spacial score (nSPS) is 18.6. The van der Waals surface area contributed by atoms with Gasteiger partial charge in [0.05, 0.1) is 15.9 Å². The molecule has 0 aromatic rings. The highest BCUT2D eigenvalue weighted by molar-refractivity contribution is 14.1. The van der Waals surface area contributed by atoms with Crippen molar-refractivity contribution in [3.8, 4) is 0 Å². The van der Waals surface area contributed by atoms with Crippen molar-refractivity contribution in [2.24, 2.45) is 5.41 Å². The predicted molar refractivity (Wildman–Crippen MR) is 103 cm³/mol. The summed E-state index contributed by atoms with van der Waals surface area (Å²) in [4.78, 5) is 13.2. The minimum absolute atomic E-state index is 0.0687. The van der Waals surface area contributed by atoms with Crippen molar-refractivity contribution in [3.05, 3.63) is 23.3 Å². The van der Waals surface area contributed by atoms with Crippen LogP contribution < -0.4 is 0 Å². The molecule has 0 spiro atoms. The number of rotatable bonds is 10. The predicted octanol–water partition coefficient (Wildman–Crippen LogP) is 5.65. The first-order valence-electron chi connectivity index (χ1n) is 8.52. The summed E-state index contributed by atoms with van der Waals surface area (Å²) >= 11 is 2.34. The second-order valence-corrected chi connectivity index (χ2v) is 7.89. The van der Waals surface area contributed by atoms with Crippen LogP contribution in [0.2, 0.25) is 0 Å². The van der Waals surface area contributed by atoms with Gasteiger partial charge in [-0.1, -0.05) is 84.9 Å². The van der Waals surface area contributed by atoms with Crippen molar-refractivity contribution < 1.29 is 9.53 Å². The Kier molecular flexibility index (Phi) is 8.91. The smallest absolute Gasteiger partial charge is 0.162 e. The molecule has 126 valence electrons. The van der Waals surface area contributed by atoms with E-state index < -0.39 is 5.41 Å². The number of allylic oxidation sites excluding steroid dienone is 2. The molecule has 1 aliphatic carbocycles. The van der Waals surface area contributed by atoms with Gasteiger partial charge in [0, 0.05) is 7.11 Å². The summed E-state index contributed by atoms with van der Waals surface area (Å²) in [5.41, 5.74) is 1.79.